The quantitative estimate of drug-likeness (QED) is 0.739. The average molecular weight is 399 g/mol. The lowest BCUT2D eigenvalue weighted by Crippen LogP contribution is -2.03. The van der Waals surface area contributed by atoms with Crippen LogP contribution in [-0.4, -0.2) is 7.11 Å². The van der Waals surface area contributed by atoms with E-state index in [1.54, 1.807) is 7.11 Å². The van der Waals surface area contributed by atoms with Gasteiger partial charge in [-0.1, -0.05) is 22.0 Å². The standard InChI is InChI=1S/C16H17Br2NO/c1-10-6-13(17)7-11(2)16(10)19-9-12-4-5-15(20-3)14(18)8-12/h4-8,19H,9H2,1-3H3. The van der Waals surface area contributed by atoms with Crippen molar-refractivity contribution in [2.24, 2.45) is 0 Å². The van der Waals surface area contributed by atoms with E-state index in [4.69, 9.17) is 4.74 Å². The summed E-state index contributed by atoms with van der Waals surface area (Å²) in [5.41, 5.74) is 4.88. The van der Waals surface area contributed by atoms with E-state index >= 15 is 0 Å². The Labute approximate surface area is 136 Å². The van der Waals surface area contributed by atoms with Crippen LogP contribution in [0.1, 0.15) is 16.7 Å². The predicted octanol–water partition coefficient (Wildman–Crippen LogP) is 5.45. The summed E-state index contributed by atoms with van der Waals surface area (Å²) in [4.78, 5) is 0. The first-order valence-corrected chi connectivity index (χ1v) is 7.93. The summed E-state index contributed by atoms with van der Waals surface area (Å²) in [5.74, 6) is 0.852. The van der Waals surface area contributed by atoms with Crippen LogP contribution in [0.4, 0.5) is 5.69 Å². The molecule has 0 unspecified atom stereocenters. The van der Waals surface area contributed by atoms with Gasteiger partial charge in [0.2, 0.25) is 0 Å². The topological polar surface area (TPSA) is 21.3 Å². The fourth-order valence-electron chi connectivity index (χ4n) is 2.20. The van der Waals surface area contributed by atoms with Gasteiger partial charge in [0.15, 0.2) is 0 Å². The first-order chi connectivity index (χ1) is 9.51. The molecular weight excluding hydrogens is 382 g/mol. The first kappa shape index (κ1) is 15.4. The van der Waals surface area contributed by atoms with Gasteiger partial charge in [-0.2, -0.15) is 0 Å². The second kappa shape index (κ2) is 6.64. The van der Waals surface area contributed by atoms with Crippen molar-refractivity contribution < 1.29 is 4.74 Å². The van der Waals surface area contributed by atoms with Crippen LogP contribution < -0.4 is 10.1 Å². The lowest BCUT2D eigenvalue weighted by atomic mass is 10.1. The molecule has 0 amide bonds. The molecule has 2 aromatic rings. The van der Waals surface area contributed by atoms with Crippen LogP contribution in [0.2, 0.25) is 0 Å². The molecule has 0 saturated heterocycles. The molecule has 0 fully saturated rings. The van der Waals surface area contributed by atoms with Gasteiger partial charge in [-0.05, 0) is 70.7 Å². The van der Waals surface area contributed by atoms with E-state index in [2.05, 4.69) is 75.3 Å². The van der Waals surface area contributed by atoms with Gasteiger partial charge < -0.3 is 10.1 Å². The van der Waals surface area contributed by atoms with Crippen molar-refractivity contribution in [2.45, 2.75) is 20.4 Å². The Morgan fingerprint density at radius 1 is 1.05 bits per heavy atom. The molecule has 0 heterocycles. The third-order valence-electron chi connectivity index (χ3n) is 3.18. The second-order valence-corrected chi connectivity index (χ2v) is 6.51. The minimum absolute atomic E-state index is 0.784. The van der Waals surface area contributed by atoms with Gasteiger partial charge in [-0.3, -0.25) is 0 Å². The van der Waals surface area contributed by atoms with E-state index in [1.807, 2.05) is 6.07 Å². The highest BCUT2D eigenvalue weighted by molar-refractivity contribution is 9.10. The third-order valence-corrected chi connectivity index (χ3v) is 4.26. The summed E-state index contributed by atoms with van der Waals surface area (Å²) >= 11 is 7.03. The van der Waals surface area contributed by atoms with Crippen molar-refractivity contribution in [1.82, 2.24) is 0 Å². The Balaban J connectivity index is 2.15. The minimum Gasteiger partial charge on any atom is -0.496 e. The van der Waals surface area contributed by atoms with Crippen LogP contribution in [0.3, 0.4) is 0 Å². The summed E-state index contributed by atoms with van der Waals surface area (Å²) in [5, 5.41) is 3.51. The molecule has 0 radical (unpaired) electrons. The van der Waals surface area contributed by atoms with Crippen molar-refractivity contribution >= 4 is 37.5 Å². The van der Waals surface area contributed by atoms with Gasteiger partial charge in [-0.15, -0.1) is 0 Å². The molecule has 2 nitrogen and oxygen atoms in total. The Morgan fingerprint density at radius 2 is 1.70 bits per heavy atom. The summed E-state index contributed by atoms with van der Waals surface area (Å²) in [6.45, 7) is 5.01. The van der Waals surface area contributed by atoms with Crippen molar-refractivity contribution in [3.05, 3.63) is 56.0 Å². The van der Waals surface area contributed by atoms with Crippen LogP contribution in [0.5, 0.6) is 5.75 Å². The Morgan fingerprint density at radius 3 is 2.25 bits per heavy atom. The van der Waals surface area contributed by atoms with Crippen LogP contribution in [-0.2, 0) is 6.54 Å². The van der Waals surface area contributed by atoms with Crippen molar-refractivity contribution in [1.29, 1.82) is 0 Å². The number of rotatable bonds is 4. The van der Waals surface area contributed by atoms with Gasteiger partial charge in [0.05, 0.1) is 11.6 Å². The van der Waals surface area contributed by atoms with Crippen molar-refractivity contribution in [3.63, 3.8) is 0 Å². The maximum absolute atomic E-state index is 5.24. The fourth-order valence-corrected chi connectivity index (χ4v) is 3.47. The average Bonchev–Trinajstić information content (AvgIpc) is 2.37. The largest absolute Gasteiger partial charge is 0.496 e. The predicted molar refractivity (Wildman–Crippen MR) is 91.6 cm³/mol. The molecule has 0 aliphatic carbocycles. The lowest BCUT2D eigenvalue weighted by molar-refractivity contribution is 0.412. The second-order valence-electron chi connectivity index (χ2n) is 4.74. The smallest absolute Gasteiger partial charge is 0.133 e. The number of nitrogens with one attached hydrogen (secondary N) is 1. The number of halogens is 2. The molecule has 2 aromatic carbocycles. The Hall–Kier alpha value is -1.000. The molecule has 20 heavy (non-hydrogen) atoms. The molecule has 0 spiro atoms. The van der Waals surface area contributed by atoms with Crippen LogP contribution in [0.15, 0.2) is 39.3 Å². The fraction of sp³-hybridized carbons (Fsp3) is 0.250. The third kappa shape index (κ3) is 3.55. The number of anilines is 1. The van der Waals surface area contributed by atoms with Gasteiger partial charge >= 0.3 is 0 Å². The zero-order chi connectivity index (χ0) is 14.7. The van der Waals surface area contributed by atoms with E-state index in [-0.39, 0.29) is 0 Å². The Bertz CT molecular complexity index is 603. The number of hydrogen-bond acceptors (Lipinski definition) is 2. The summed E-state index contributed by atoms with van der Waals surface area (Å²) in [6, 6.07) is 10.4. The number of benzene rings is 2. The maximum atomic E-state index is 5.24. The summed E-state index contributed by atoms with van der Waals surface area (Å²) in [7, 11) is 1.67. The van der Waals surface area contributed by atoms with Crippen LogP contribution >= 0.6 is 31.9 Å². The molecule has 0 bridgehead atoms. The number of methoxy groups -OCH3 is 1. The normalized spacial score (nSPS) is 10.4. The minimum atomic E-state index is 0.784. The van der Waals surface area contributed by atoms with E-state index in [1.165, 1.54) is 22.4 Å². The van der Waals surface area contributed by atoms with Gasteiger partial charge in [0, 0.05) is 16.7 Å². The summed E-state index contributed by atoms with van der Waals surface area (Å²) < 4.78 is 7.33. The van der Waals surface area contributed by atoms with Crippen molar-refractivity contribution in [3.8, 4) is 5.75 Å². The molecule has 2 rings (SSSR count). The molecular formula is C16H17Br2NO. The van der Waals surface area contributed by atoms with Crippen LogP contribution in [0, 0.1) is 13.8 Å². The Kier molecular flexibility index (Phi) is 5.11. The first-order valence-electron chi connectivity index (χ1n) is 6.34. The number of aryl methyl sites for hydroxylation is 2. The molecule has 0 atom stereocenters. The van der Waals surface area contributed by atoms with E-state index in [9.17, 15) is 0 Å². The van der Waals surface area contributed by atoms with Crippen molar-refractivity contribution in [2.75, 3.05) is 12.4 Å². The number of hydrogen-bond donors (Lipinski definition) is 1. The van der Waals surface area contributed by atoms with Gasteiger partial charge in [-0.25, -0.2) is 0 Å². The molecule has 0 aliphatic rings. The molecule has 106 valence electrons. The number of ether oxygens (including phenoxy) is 1. The highest BCUT2D eigenvalue weighted by Crippen LogP contribution is 2.28. The zero-order valence-electron chi connectivity index (χ0n) is 11.8. The highest BCUT2D eigenvalue weighted by Gasteiger charge is 2.05. The highest BCUT2D eigenvalue weighted by atomic mass is 79.9. The zero-order valence-corrected chi connectivity index (χ0v) is 14.9. The SMILES string of the molecule is COc1ccc(CNc2c(C)cc(Br)cc2C)cc1Br. The molecule has 1 N–H and O–H groups in total. The molecule has 0 saturated carbocycles. The van der Waals surface area contributed by atoms with E-state index in [0.717, 1.165) is 21.2 Å². The maximum Gasteiger partial charge on any atom is 0.133 e. The van der Waals surface area contributed by atoms with Crippen LogP contribution in [0.25, 0.3) is 0 Å². The monoisotopic (exact) mass is 397 g/mol. The molecule has 0 aromatic heterocycles. The van der Waals surface area contributed by atoms with Gasteiger partial charge in [0.25, 0.3) is 0 Å². The van der Waals surface area contributed by atoms with Gasteiger partial charge in [0.1, 0.15) is 5.75 Å². The lowest BCUT2D eigenvalue weighted by Gasteiger charge is -2.14. The van der Waals surface area contributed by atoms with E-state index in [0.29, 0.717) is 0 Å². The van der Waals surface area contributed by atoms with E-state index < -0.39 is 0 Å². The molecule has 4 heteroatoms. The summed E-state index contributed by atoms with van der Waals surface area (Å²) in [6.07, 6.45) is 0. The molecule has 0 aliphatic heterocycles.